The molecule has 2 aromatic carbocycles. The predicted octanol–water partition coefficient (Wildman–Crippen LogP) is 5.61. The van der Waals surface area contributed by atoms with Crippen molar-refractivity contribution in [1.29, 1.82) is 0 Å². The fraction of sp³-hybridized carbons (Fsp3) is 0.130. The number of rotatable bonds is 7. The highest BCUT2D eigenvalue weighted by atomic mass is 32.2. The average Bonchev–Trinajstić information content (AvgIpc) is 2.78. The third kappa shape index (κ3) is 4.75. The van der Waals surface area contributed by atoms with Crippen LogP contribution in [0.5, 0.6) is 0 Å². The topological polar surface area (TPSA) is 84.0 Å². The van der Waals surface area contributed by atoms with E-state index in [4.69, 9.17) is 0 Å². The number of hydrogen-bond acceptors (Lipinski definition) is 5. The molecule has 0 aliphatic rings. The molecule has 0 atom stereocenters. The maximum atomic E-state index is 15.1. The zero-order valence-corrected chi connectivity index (χ0v) is 18.3. The van der Waals surface area contributed by atoms with Crippen molar-refractivity contribution in [2.45, 2.75) is 13.3 Å². The molecule has 33 heavy (non-hydrogen) atoms. The first-order valence-electron chi connectivity index (χ1n) is 10.0. The van der Waals surface area contributed by atoms with Gasteiger partial charge in [-0.1, -0.05) is 13.0 Å². The first kappa shape index (κ1) is 22.5. The Balaban J connectivity index is 1.77. The number of nitrogens with one attached hydrogen (secondary N) is 2. The van der Waals surface area contributed by atoms with E-state index in [9.17, 15) is 17.2 Å². The van der Waals surface area contributed by atoms with Crippen molar-refractivity contribution < 1.29 is 21.6 Å². The van der Waals surface area contributed by atoms with E-state index >= 15 is 4.39 Å². The summed E-state index contributed by atoms with van der Waals surface area (Å²) in [6.45, 7) is 1.67. The SMILES string of the molecule is CCCS(=O)(=O)Nc1ccc(F)c(Nc2ccnc3ccc(-c4cccnc4F)cc23)c1F. The van der Waals surface area contributed by atoms with Gasteiger partial charge in [0, 0.05) is 29.0 Å². The number of fused-ring (bicyclic) bond motifs is 1. The standard InChI is InChI=1S/C23H19F3N4O2S/c1-2-12-33(31,32)30-20-8-6-17(24)22(21(20)25)29-19-9-11-27-18-7-5-14(13-16(18)19)15-4-3-10-28-23(15)26/h3-11,13,30H,2,12H2,1H3,(H,27,29). The van der Waals surface area contributed by atoms with Crippen molar-refractivity contribution in [2.24, 2.45) is 0 Å². The summed E-state index contributed by atoms with van der Waals surface area (Å²) in [5.74, 6) is -2.85. The van der Waals surface area contributed by atoms with Gasteiger partial charge < -0.3 is 5.32 Å². The molecule has 0 aliphatic carbocycles. The molecule has 0 saturated heterocycles. The molecule has 2 N–H and O–H groups in total. The number of hydrogen-bond donors (Lipinski definition) is 2. The Labute approximate surface area is 188 Å². The summed E-state index contributed by atoms with van der Waals surface area (Å²) in [5.41, 5.74) is 0.678. The van der Waals surface area contributed by atoms with Crippen LogP contribution in [0.1, 0.15) is 13.3 Å². The van der Waals surface area contributed by atoms with Crippen molar-refractivity contribution in [3.8, 4) is 11.1 Å². The van der Waals surface area contributed by atoms with Crippen molar-refractivity contribution >= 4 is 38.0 Å². The lowest BCUT2D eigenvalue weighted by Gasteiger charge is -2.15. The van der Waals surface area contributed by atoms with Crippen LogP contribution in [-0.2, 0) is 10.0 Å². The van der Waals surface area contributed by atoms with Crippen LogP contribution in [0.4, 0.5) is 30.2 Å². The normalized spacial score (nSPS) is 11.5. The molecule has 10 heteroatoms. The van der Waals surface area contributed by atoms with Gasteiger partial charge in [0.2, 0.25) is 16.0 Å². The highest BCUT2D eigenvalue weighted by Gasteiger charge is 2.19. The van der Waals surface area contributed by atoms with E-state index in [1.807, 2.05) is 0 Å². The molecule has 0 unspecified atom stereocenters. The van der Waals surface area contributed by atoms with E-state index in [0.717, 1.165) is 12.1 Å². The van der Waals surface area contributed by atoms with Crippen LogP contribution in [0.25, 0.3) is 22.0 Å². The van der Waals surface area contributed by atoms with E-state index in [1.165, 1.54) is 18.5 Å². The second kappa shape index (κ2) is 9.07. The number of benzene rings is 2. The van der Waals surface area contributed by atoms with Gasteiger partial charge in [-0.3, -0.25) is 9.71 Å². The Bertz CT molecular complexity index is 1450. The fourth-order valence-corrected chi connectivity index (χ4v) is 4.52. The van der Waals surface area contributed by atoms with Gasteiger partial charge in [0.15, 0.2) is 5.82 Å². The number of aromatic nitrogens is 2. The zero-order valence-electron chi connectivity index (χ0n) is 17.4. The van der Waals surface area contributed by atoms with E-state index in [-0.39, 0.29) is 17.0 Å². The Kier molecular flexibility index (Phi) is 6.19. The molecule has 0 amide bonds. The van der Waals surface area contributed by atoms with Crippen LogP contribution in [0.3, 0.4) is 0 Å². The summed E-state index contributed by atoms with van der Waals surface area (Å²) in [4.78, 5) is 7.89. The van der Waals surface area contributed by atoms with Crippen molar-refractivity contribution in [3.05, 3.63) is 78.5 Å². The Morgan fingerprint density at radius 2 is 1.76 bits per heavy atom. The molecule has 6 nitrogen and oxygen atoms in total. The molecule has 0 aliphatic heterocycles. The molecular formula is C23H19F3N4O2S. The predicted molar refractivity (Wildman–Crippen MR) is 122 cm³/mol. The lowest BCUT2D eigenvalue weighted by molar-refractivity contribution is 0.587. The molecule has 0 bridgehead atoms. The highest BCUT2D eigenvalue weighted by molar-refractivity contribution is 7.92. The first-order valence-corrected chi connectivity index (χ1v) is 11.7. The Morgan fingerprint density at radius 1 is 0.939 bits per heavy atom. The van der Waals surface area contributed by atoms with Crippen molar-refractivity contribution in [1.82, 2.24) is 9.97 Å². The minimum Gasteiger partial charge on any atom is -0.350 e. The minimum absolute atomic E-state index is 0.199. The lowest BCUT2D eigenvalue weighted by atomic mass is 10.0. The van der Waals surface area contributed by atoms with E-state index in [2.05, 4.69) is 20.0 Å². The van der Waals surface area contributed by atoms with Crippen molar-refractivity contribution in [2.75, 3.05) is 15.8 Å². The zero-order chi connectivity index (χ0) is 23.6. The molecule has 4 rings (SSSR count). The highest BCUT2D eigenvalue weighted by Crippen LogP contribution is 2.34. The van der Waals surface area contributed by atoms with Crippen LogP contribution in [0, 0.1) is 17.6 Å². The van der Waals surface area contributed by atoms with Gasteiger partial charge in [0.1, 0.15) is 11.5 Å². The van der Waals surface area contributed by atoms with Gasteiger partial charge in [-0.25, -0.2) is 22.2 Å². The summed E-state index contributed by atoms with van der Waals surface area (Å²) in [5, 5.41) is 3.18. The molecule has 170 valence electrons. The van der Waals surface area contributed by atoms with Crippen LogP contribution < -0.4 is 10.0 Å². The maximum Gasteiger partial charge on any atom is 0.232 e. The number of sulfonamides is 1. The minimum atomic E-state index is -3.78. The summed E-state index contributed by atoms with van der Waals surface area (Å²) in [6.07, 6.45) is 3.13. The maximum absolute atomic E-state index is 15.1. The monoisotopic (exact) mass is 472 g/mol. The van der Waals surface area contributed by atoms with Gasteiger partial charge in [-0.15, -0.1) is 0 Å². The fourth-order valence-electron chi connectivity index (χ4n) is 3.39. The second-order valence-electron chi connectivity index (χ2n) is 7.26. The summed E-state index contributed by atoms with van der Waals surface area (Å²) >= 11 is 0. The molecule has 0 fully saturated rings. The molecular weight excluding hydrogens is 453 g/mol. The molecule has 2 aromatic heterocycles. The number of pyridine rings is 2. The van der Waals surface area contributed by atoms with Gasteiger partial charge in [-0.05, 0) is 54.4 Å². The Hall–Kier alpha value is -3.66. The quantitative estimate of drug-likeness (QED) is 0.342. The summed E-state index contributed by atoms with van der Waals surface area (Å²) in [7, 11) is -3.78. The van der Waals surface area contributed by atoms with E-state index in [0.29, 0.717) is 28.6 Å². The molecule has 4 aromatic rings. The lowest BCUT2D eigenvalue weighted by Crippen LogP contribution is -2.17. The first-order chi connectivity index (χ1) is 15.8. The van der Waals surface area contributed by atoms with Gasteiger partial charge in [0.05, 0.1) is 17.0 Å². The van der Waals surface area contributed by atoms with Gasteiger partial charge in [-0.2, -0.15) is 4.39 Å². The smallest absolute Gasteiger partial charge is 0.232 e. The van der Waals surface area contributed by atoms with Crippen molar-refractivity contribution in [3.63, 3.8) is 0 Å². The third-order valence-electron chi connectivity index (χ3n) is 4.90. The number of nitrogens with zero attached hydrogens (tertiary/aromatic N) is 2. The van der Waals surface area contributed by atoms with E-state index in [1.54, 1.807) is 37.3 Å². The Morgan fingerprint density at radius 3 is 2.52 bits per heavy atom. The van der Waals surface area contributed by atoms with Crippen LogP contribution in [0.15, 0.2) is 60.9 Å². The molecule has 0 spiro atoms. The van der Waals surface area contributed by atoms with E-state index < -0.39 is 33.3 Å². The third-order valence-corrected chi connectivity index (χ3v) is 6.38. The van der Waals surface area contributed by atoms with Gasteiger partial charge >= 0.3 is 0 Å². The largest absolute Gasteiger partial charge is 0.350 e. The molecule has 0 radical (unpaired) electrons. The van der Waals surface area contributed by atoms with Crippen LogP contribution in [0.2, 0.25) is 0 Å². The number of halogens is 3. The second-order valence-corrected chi connectivity index (χ2v) is 9.10. The van der Waals surface area contributed by atoms with Crippen LogP contribution in [-0.4, -0.2) is 24.1 Å². The average molecular weight is 472 g/mol. The molecule has 2 heterocycles. The summed E-state index contributed by atoms with van der Waals surface area (Å²) < 4.78 is 70.0. The molecule has 0 saturated carbocycles. The summed E-state index contributed by atoms with van der Waals surface area (Å²) in [6, 6.07) is 11.6. The van der Waals surface area contributed by atoms with Crippen LogP contribution >= 0.6 is 0 Å². The van der Waals surface area contributed by atoms with Gasteiger partial charge in [0.25, 0.3) is 0 Å². The number of anilines is 3.